The third-order valence-corrected chi connectivity index (χ3v) is 3.00. The summed E-state index contributed by atoms with van der Waals surface area (Å²) in [4.78, 5) is 3.84. The highest BCUT2D eigenvalue weighted by molar-refractivity contribution is 5.34. The Morgan fingerprint density at radius 1 is 1.19 bits per heavy atom. The van der Waals surface area contributed by atoms with Crippen LogP contribution in [0.3, 0.4) is 0 Å². The number of rotatable bonds is 5. The molecule has 0 amide bonds. The number of ether oxygens (including phenoxy) is 1. The van der Waals surface area contributed by atoms with Gasteiger partial charge in [0.1, 0.15) is 0 Å². The van der Waals surface area contributed by atoms with E-state index in [-0.39, 0.29) is 17.7 Å². The van der Waals surface area contributed by atoms with E-state index in [2.05, 4.69) is 10.3 Å². The van der Waals surface area contributed by atoms with Crippen molar-refractivity contribution in [2.75, 3.05) is 0 Å². The van der Waals surface area contributed by atoms with Crippen LogP contribution in [0.4, 0.5) is 8.78 Å². The number of benzene rings is 1. The van der Waals surface area contributed by atoms with Gasteiger partial charge in [-0.15, -0.1) is 0 Å². The molecule has 1 aromatic heterocycles. The van der Waals surface area contributed by atoms with E-state index < -0.39 is 11.6 Å². The van der Waals surface area contributed by atoms with E-state index >= 15 is 0 Å². The van der Waals surface area contributed by atoms with Gasteiger partial charge in [0.2, 0.25) is 0 Å². The molecule has 21 heavy (non-hydrogen) atoms. The van der Waals surface area contributed by atoms with Crippen LogP contribution in [-0.4, -0.2) is 11.0 Å². The Balaban J connectivity index is 2.24. The molecular formula is C16H18F2N2O. The van der Waals surface area contributed by atoms with Crippen LogP contribution in [0.5, 0.6) is 11.6 Å². The summed E-state index contributed by atoms with van der Waals surface area (Å²) in [6, 6.07) is 6.52. The quantitative estimate of drug-likeness (QED) is 0.905. The summed E-state index contributed by atoms with van der Waals surface area (Å²) >= 11 is 0. The second-order valence-electron chi connectivity index (χ2n) is 5.11. The lowest BCUT2D eigenvalue weighted by Crippen LogP contribution is -2.22. The van der Waals surface area contributed by atoms with E-state index in [0.717, 1.165) is 0 Å². The first-order chi connectivity index (χ1) is 9.99. The fraction of sp³-hybridized carbons (Fsp3) is 0.312. The van der Waals surface area contributed by atoms with Gasteiger partial charge in [-0.05, 0) is 24.6 Å². The molecule has 0 aliphatic heterocycles. The summed E-state index contributed by atoms with van der Waals surface area (Å²) < 4.78 is 33.5. The summed E-state index contributed by atoms with van der Waals surface area (Å²) in [6.07, 6.45) is 1.45. The Kier molecular flexibility index (Phi) is 4.85. The number of halogens is 2. The van der Waals surface area contributed by atoms with Crippen molar-refractivity contribution in [2.45, 2.75) is 33.4 Å². The van der Waals surface area contributed by atoms with E-state index in [9.17, 15) is 8.78 Å². The minimum Gasteiger partial charge on any atom is -0.433 e. The number of aromatic nitrogens is 1. The topological polar surface area (TPSA) is 34.1 Å². The van der Waals surface area contributed by atoms with Crippen LogP contribution >= 0.6 is 0 Å². The maximum Gasteiger partial charge on any atom is 0.256 e. The lowest BCUT2D eigenvalue weighted by Gasteiger charge is -2.12. The molecule has 0 unspecified atom stereocenters. The largest absolute Gasteiger partial charge is 0.433 e. The summed E-state index contributed by atoms with van der Waals surface area (Å²) in [5.41, 5.74) is 0.868. The van der Waals surface area contributed by atoms with Gasteiger partial charge in [-0.2, -0.15) is 0 Å². The highest BCUT2D eigenvalue weighted by Crippen LogP contribution is 2.27. The van der Waals surface area contributed by atoms with E-state index in [1.165, 1.54) is 12.3 Å². The molecule has 0 aliphatic rings. The monoisotopic (exact) mass is 292 g/mol. The number of pyridine rings is 1. The van der Waals surface area contributed by atoms with Crippen molar-refractivity contribution in [3.05, 3.63) is 53.2 Å². The molecule has 2 aromatic rings. The highest BCUT2D eigenvalue weighted by atomic mass is 19.1. The molecule has 3 nitrogen and oxygen atoms in total. The first-order valence-corrected chi connectivity index (χ1v) is 6.78. The van der Waals surface area contributed by atoms with Crippen LogP contribution in [0.15, 0.2) is 30.5 Å². The summed E-state index contributed by atoms with van der Waals surface area (Å²) in [6.45, 7) is 5.92. The molecule has 1 heterocycles. The summed E-state index contributed by atoms with van der Waals surface area (Å²) in [5, 5.41) is 3.12. The van der Waals surface area contributed by atoms with Crippen LogP contribution in [0, 0.1) is 18.6 Å². The van der Waals surface area contributed by atoms with Gasteiger partial charge in [-0.3, -0.25) is 0 Å². The first kappa shape index (κ1) is 15.4. The number of nitrogens with zero attached hydrogens (tertiary/aromatic N) is 1. The lowest BCUT2D eigenvalue weighted by molar-refractivity contribution is 0.393. The van der Waals surface area contributed by atoms with Crippen LogP contribution in [-0.2, 0) is 6.54 Å². The molecule has 1 N–H and O–H groups in total. The van der Waals surface area contributed by atoms with Crippen LogP contribution < -0.4 is 10.1 Å². The Hall–Kier alpha value is -2.01. The molecule has 2 rings (SSSR count). The van der Waals surface area contributed by atoms with Crippen LogP contribution in [0.1, 0.15) is 25.0 Å². The zero-order valence-electron chi connectivity index (χ0n) is 12.3. The second kappa shape index (κ2) is 6.63. The zero-order valence-corrected chi connectivity index (χ0v) is 12.3. The predicted octanol–water partition coefficient (Wildman–Crippen LogP) is 3.96. The SMILES string of the molecule is Cc1cccc(Oc2nccc(CNC(C)C)c2F)c1F. The van der Waals surface area contributed by atoms with Crippen LogP contribution in [0.2, 0.25) is 0 Å². The predicted molar refractivity (Wildman–Crippen MR) is 77.4 cm³/mol. The zero-order chi connectivity index (χ0) is 15.4. The molecule has 0 radical (unpaired) electrons. The summed E-state index contributed by atoms with van der Waals surface area (Å²) in [7, 11) is 0. The van der Waals surface area contributed by atoms with Crippen molar-refractivity contribution in [2.24, 2.45) is 0 Å². The number of hydrogen-bond acceptors (Lipinski definition) is 3. The van der Waals surface area contributed by atoms with Crippen molar-refractivity contribution in [3.63, 3.8) is 0 Å². The van der Waals surface area contributed by atoms with Gasteiger partial charge < -0.3 is 10.1 Å². The van der Waals surface area contributed by atoms with Gasteiger partial charge in [0.15, 0.2) is 17.4 Å². The van der Waals surface area contributed by atoms with E-state index in [0.29, 0.717) is 17.7 Å². The minimum atomic E-state index is -0.577. The number of hydrogen-bond donors (Lipinski definition) is 1. The molecule has 0 saturated carbocycles. The Bertz CT molecular complexity index is 630. The molecule has 112 valence electrons. The standard InChI is InChI=1S/C16H18F2N2O/c1-10(2)20-9-12-7-8-19-16(15(12)18)21-13-6-4-5-11(3)14(13)17/h4-8,10,20H,9H2,1-3H3. The maximum atomic E-state index is 14.3. The van der Waals surface area contributed by atoms with Crippen LogP contribution in [0.25, 0.3) is 0 Å². The fourth-order valence-electron chi connectivity index (χ4n) is 1.79. The van der Waals surface area contributed by atoms with Gasteiger partial charge in [0, 0.05) is 24.3 Å². The molecular weight excluding hydrogens is 274 g/mol. The van der Waals surface area contributed by atoms with Gasteiger partial charge in [0.25, 0.3) is 5.88 Å². The number of nitrogens with one attached hydrogen (secondary N) is 1. The van der Waals surface area contributed by atoms with E-state index in [1.807, 2.05) is 13.8 Å². The first-order valence-electron chi connectivity index (χ1n) is 6.78. The normalized spacial score (nSPS) is 11.0. The van der Waals surface area contributed by atoms with E-state index in [4.69, 9.17) is 4.74 Å². The third kappa shape index (κ3) is 3.76. The number of aryl methyl sites for hydroxylation is 1. The molecule has 1 aromatic carbocycles. The second-order valence-corrected chi connectivity index (χ2v) is 5.11. The Morgan fingerprint density at radius 2 is 1.95 bits per heavy atom. The van der Waals surface area contributed by atoms with Gasteiger partial charge in [-0.1, -0.05) is 26.0 Å². The minimum absolute atomic E-state index is 0.0321. The van der Waals surface area contributed by atoms with Crippen molar-refractivity contribution < 1.29 is 13.5 Å². The third-order valence-electron chi connectivity index (χ3n) is 3.00. The van der Waals surface area contributed by atoms with Crippen molar-refractivity contribution in [1.29, 1.82) is 0 Å². The molecule has 5 heteroatoms. The average molecular weight is 292 g/mol. The van der Waals surface area contributed by atoms with Gasteiger partial charge >= 0.3 is 0 Å². The van der Waals surface area contributed by atoms with Crippen molar-refractivity contribution in [3.8, 4) is 11.6 Å². The molecule has 0 fully saturated rings. The average Bonchev–Trinajstić information content (AvgIpc) is 2.44. The van der Waals surface area contributed by atoms with E-state index in [1.54, 1.807) is 25.1 Å². The lowest BCUT2D eigenvalue weighted by atomic mass is 10.2. The Labute approximate surface area is 123 Å². The molecule has 0 aliphatic carbocycles. The fourth-order valence-corrected chi connectivity index (χ4v) is 1.79. The smallest absolute Gasteiger partial charge is 0.256 e. The van der Waals surface area contributed by atoms with Crippen molar-refractivity contribution >= 4 is 0 Å². The molecule has 0 spiro atoms. The molecule has 0 bridgehead atoms. The van der Waals surface area contributed by atoms with Gasteiger partial charge in [-0.25, -0.2) is 13.8 Å². The highest BCUT2D eigenvalue weighted by Gasteiger charge is 2.14. The summed E-state index contributed by atoms with van der Waals surface area (Å²) in [5.74, 6) is -1.34. The molecule has 0 saturated heterocycles. The van der Waals surface area contributed by atoms with Crippen molar-refractivity contribution in [1.82, 2.24) is 10.3 Å². The molecule has 0 atom stereocenters. The maximum absolute atomic E-state index is 14.3. The Morgan fingerprint density at radius 3 is 2.67 bits per heavy atom. The van der Waals surface area contributed by atoms with Gasteiger partial charge in [0.05, 0.1) is 0 Å².